The minimum absolute atomic E-state index is 0.116. The Hall–Kier alpha value is -0.890. The van der Waals surface area contributed by atoms with Gasteiger partial charge in [0.25, 0.3) is 0 Å². The largest absolute Gasteiger partial charge is 0.309 e. The number of hydrogen-bond donors (Lipinski definition) is 1. The van der Waals surface area contributed by atoms with Crippen LogP contribution < -0.4 is 5.32 Å². The van der Waals surface area contributed by atoms with Gasteiger partial charge in [-0.05, 0) is 54.1 Å². The molecule has 1 aliphatic heterocycles. The lowest BCUT2D eigenvalue weighted by atomic mass is 9.77. The van der Waals surface area contributed by atoms with Gasteiger partial charge in [0, 0.05) is 6.04 Å². The fraction of sp³-hybridized carbons (Fsp3) is 0.571. The van der Waals surface area contributed by atoms with Gasteiger partial charge < -0.3 is 5.32 Å². The predicted molar refractivity (Wildman–Crippen MR) is 65.0 cm³/mol. The fourth-order valence-corrected chi connectivity index (χ4v) is 2.62. The van der Waals surface area contributed by atoms with Gasteiger partial charge in [0.05, 0.1) is 0 Å². The summed E-state index contributed by atoms with van der Waals surface area (Å²) in [4.78, 5) is 0. The fourth-order valence-electron chi connectivity index (χ4n) is 2.62. The van der Waals surface area contributed by atoms with Crippen molar-refractivity contribution in [1.82, 2.24) is 5.32 Å². The minimum Gasteiger partial charge on any atom is -0.309 e. The van der Waals surface area contributed by atoms with Crippen LogP contribution in [0, 0.1) is 18.2 Å². The van der Waals surface area contributed by atoms with E-state index in [-0.39, 0.29) is 17.3 Å². The Bertz CT molecular complexity index is 404. The molecule has 0 saturated carbocycles. The molecular weight excluding hydrogens is 201 g/mol. The maximum Gasteiger partial charge on any atom is 0.123 e. The zero-order chi connectivity index (χ0) is 11.9. The Labute approximate surface area is 97.1 Å². The lowest BCUT2D eigenvalue weighted by Crippen LogP contribution is -2.38. The van der Waals surface area contributed by atoms with E-state index in [1.807, 2.05) is 6.92 Å². The van der Waals surface area contributed by atoms with E-state index < -0.39 is 0 Å². The third kappa shape index (κ3) is 1.99. The number of hydrogen-bond acceptors (Lipinski definition) is 1. The maximum atomic E-state index is 13.5. The molecule has 2 rings (SSSR count). The van der Waals surface area contributed by atoms with Crippen LogP contribution in [-0.2, 0) is 6.42 Å². The van der Waals surface area contributed by atoms with Gasteiger partial charge in [0.1, 0.15) is 5.82 Å². The molecule has 1 N–H and O–H groups in total. The van der Waals surface area contributed by atoms with E-state index in [1.165, 1.54) is 5.56 Å². The van der Waals surface area contributed by atoms with Crippen LogP contribution in [0.4, 0.5) is 4.39 Å². The molecule has 0 fully saturated rings. The molecule has 1 aromatic rings. The first-order chi connectivity index (χ1) is 7.39. The predicted octanol–water partition coefficient (Wildman–Crippen LogP) is 3.37. The summed E-state index contributed by atoms with van der Waals surface area (Å²) in [6.45, 7) is 9.58. The Kier molecular flexibility index (Phi) is 2.79. The van der Waals surface area contributed by atoms with Crippen LogP contribution in [0.5, 0.6) is 0 Å². The third-order valence-electron chi connectivity index (χ3n) is 3.37. The van der Waals surface area contributed by atoms with E-state index >= 15 is 0 Å². The van der Waals surface area contributed by atoms with Crippen molar-refractivity contribution in [1.29, 1.82) is 0 Å². The average molecular weight is 221 g/mol. The van der Waals surface area contributed by atoms with Crippen LogP contribution in [-0.4, -0.2) is 6.54 Å². The summed E-state index contributed by atoms with van der Waals surface area (Å²) in [7, 11) is 0. The van der Waals surface area contributed by atoms with Gasteiger partial charge in [0.15, 0.2) is 0 Å². The summed E-state index contributed by atoms with van der Waals surface area (Å²) in [6, 6.07) is 3.60. The standard InChI is InChI=1S/C14H20FN/c1-9-7-10(15)8-12-11(9)5-6-16-13(12)14(2,3)4/h7-8,13,16H,5-6H2,1-4H3. The van der Waals surface area contributed by atoms with Crippen molar-refractivity contribution < 1.29 is 4.39 Å². The van der Waals surface area contributed by atoms with Gasteiger partial charge in [-0.25, -0.2) is 4.39 Å². The lowest BCUT2D eigenvalue weighted by Gasteiger charge is -2.37. The first-order valence-corrected chi connectivity index (χ1v) is 5.92. The molecule has 16 heavy (non-hydrogen) atoms. The lowest BCUT2D eigenvalue weighted by molar-refractivity contribution is 0.262. The normalized spacial score (nSPS) is 20.7. The van der Waals surface area contributed by atoms with Crippen molar-refractivity contribution >= 4 is 0 Å². The molecule has 1 aromatic carbocycles. The summed E-state index contributed by atoms with van der Waals surface area (Å²) in [6.07, 6.45) is 1.01. The Morgan fingerprint density at radius 2 is 2.00 bits per heavy atom. The number of fused-ring (bicyclic) bond motifs is 1. The van der Waals surface area contributed by atoms with Crippen LogP contribution in [0.3, 0.4) is 0 Å². The molecule has 1 nitrogen and oxygen atoms in total. The average Bonchev–Trinajstić information content (AvgIpc) is 2.15. The molecule has 1 unspecified atom stereocenters. The van der Waals surface area contributed by atoms with Crippen molar-refractivity contribution in [2.45, 2.75) is 40.2 Å². The molecule has 0 aromatic heterocycles. The number of halogens is 1. The van der Waals surface area contributed by atoms with Gasteiger partial charge in [-0.1, -0.05) is 20.8 Å². The Balaban J connectivity index is 2.54. The third-order valence-corrected chi connectivity index (χ3v) is 3.37. The van der Waals surface area contributed by atoms with Crippen LogP contribution >= 0.6 is 0 Å². The summed E-state index contributed by atoms with van der Waals surface area (Å²) in [5, 5.41) is 3.50. The van der Waals surface area contributed by atoms with Crippen molar-refractivity contribution in [3.05, 3.63) is 34.6 Å². The van der Waals surface area contributed by atoms with E-state index in [0.717, 1.165) is 24.1 Å². The number of aryl methyl sites for hydroxylation is 1. The molecule has 1 atom stereocenters. The molecule has 88 valence electrons. The molecule has 0 amide bonds. The zero-order valence-electron chi connectivity index (χ0n) is 10.5. The van der Waals surface area contributed by atoms with Gasteiger partial charge in [-0.3, -0.25) is 0 Å². The second kappa shape index (κ2) is 3.85. The summed E-state index contributed by atoms with van der Waals surface area (Å²) in [5.41, 5.74) is 3.69. The monoisotopic (exact) mass is 221 g/mol. The quantitative estimate of drug-likeness (QED) is 0.708. The minimum atomic E-state index is -0.116. The van der Waals surface area contributed by atoms with Gasteiger partial charge >= 0.3 is 0 Å². The van der Waals surface area contributed by atoms with Crippen molar-refractivity contribution in [2.75, 3.05) is 6.54 Å². The van der Waals surface area contributed by atoms with Crippen LogP contribution in [0.15, 0.2) is 12.1 Å². The van der Waals surface area contributed by atoms with Gasteiger partial charge in [-0.2, -0.15) is 0 Å². The van der Waals surface area contributed by atoms with E-state index in [0.29, 0.717) is 0 Å². The highest BCUT2D eigenvalue weighted by molar-refractivity contribution is 5.39. The number of nitrogens with one attached hydrogen (secondary N) is 1. The first-order valence-electron chi connectivity index (χ1n) is 5.92. The van der Waals surface area contributed by atoms with E-state index in [9.17, 15) is 4.39 Å². The van der Waals surface area contributed by atoms with E-state index in [1.54, 1.807) is 12.1 Å². The summed E-state index contributed by atoms with van der Waals surface area (Å²) in [5.74, 6) is -0.116. The highest BCUT2D eigenvalue weighted by atomic mass is 19.1. The van der Waals surface area contributed by atoms with Gasteiger partial charge in [0.2, 0.25) is 0 Å². The van der Waals surface area contributed by atoms with Crippen molar-refractivity contribution in [3.8, 4) is 0 Å². The Morgan fingerprint density at radius 3 is 2.62 bits per heavy atom. The van der Waals surface area contributed by atoms with Gasteiger partial charge in [-0.15, -0.1) is 0 Å². The number of rotatable bonds is 0. The molecule has 2 heteroatoms. The maximum absolute atomic E-state index is 13.5. The molecule has 0 bridgehead atoms. The molecule has 1 heterocycles. The highest BCUT2D eigenvalue weighted by Crippen LogP contribution is 2.37. The molecule has 0 radical (unpaired) electrons. The van der Waals surface area contributed by atoms with E-state index in [2.05, 4.69) is 26.1 Å². The Morgan fingerprint density at radius 1 is 1.31 bits per heavy atom. The summed E-state index contributed by atoms with van der Waals surface area (Å²) < 4.78 is 13.5. The summed E-state index contributed by atoms with van der Waals surface area (Å²) >= 11 is 0. The van der Waals surface area contributed by atoms with Crippen molar-refractivity contribution in [2.24, 2.45) is 5.41 Å². The smallest absolute Gasteiger partial charge is 0.123 e. The molecule has 1 aliphatic rings. The second-order valence-electron chi connectivity index (χ2n) is 5.79. The molecule has 0 saturated heterocycles. The second-order valence-corrected chi connectivity index (χ2v) is 5.79. The van der Waals surface area contributed by atoms with Crippen LogP contribution in [0.2, 0.25) is 0 Å². The zero-order valence-corrected chi connectivity index (χ0v) is 10.5. The van der Waals surface area contributed by atoms with Crippen LogP contribution in [0.1, 0.15) is 43.5 Å². The number of benzene rings is 1. The van der Waals surface area contributed by atoms with Crippen molar-refractivity contribution in [3.63, 3.8) is 0 Å². The first kappa shape index (κ1) is 11.6. The molecular formula is C14H20FN. The molecule has 0 aliphatic carbocycles. The SMILES string of the molecule is Cc1cc(F)cc2c1CCNC2C(C)(C)C. The van der Waals surface area contributed by atoms with E-state index in [4.69, 9.17) is 0 Å². The highest BCUT2D eigenvalue weighted by Gasteiger charge is 2.31. The van der Waals surface area contributed by atoms with Crippen LogP contribution in [0.25, 0.3) is 0 Å². The topological polar surface area (TPSA) is 12.0 Å². The molecule has 0 spiro atoms.